The fourth-order valence-electron chi connectivity index (χ4n) is 6.31. The summed E-state index contributed by atoms with van der Waals surface area (Å²) in [7, 11) is 0. The SMILES string of the molecule is CC/C=C/C=C/C=C\C=C/CCCC(CC(=O)NC(CO)C(O)CCCCCCCCCCCCCC)OC(=O)CCCCCCC/C=C\CCCC. The molecule has 0 saturated carbocycles. The molecule has 0 radical (unpaired) electrons. The summed E-state index contributed by atoms with van der Waals surface area (Å²) in [5, 5.41) is 23.6. The summed E-state index contributed by atoms with van der Waals surface area (Å²) in [6.45, 7) is 6.25. The van der Waals surface area contributed by atoms with E-state index in [0.29, 0.717) is 19.3 Å². The Morgan fingerprint density at radius 3 is 1.68 bits per heavy atom. The van der Waals surface area contributed by atoms with Crippen LogP contribution in [0.2, 0.25) is 0 Å². The zero-order valence-corrected chi connectivity index (χ0v) is 34.6. The number of carbonyl (C=O) groups excluding carboxylic acids is 2. The number of aliphatic hydroxyl groups excluding tert-OH is 2. The Bertz CT molecular complexity index is 968. The first kappa shape index (κ1) is 50.6. The highest BCUT2D eigenvalue weighted by Gasteiger charge is 2.24. The van der Waals surface area contributed by atoms with Gasteiger partial charge in [0.2, 0.25) is 5.91 Å². The first-order valence-corrected chi connectivity index (χ1v) is 22.1. The van der Waals surface area contributed by atoms with Gasteiger partial charge in [-0.15, -0.1) is 0 Å². The van der Waals surface area contributed by atoms with E-state index < -0.39 is 18.2 Å². The van der Waals surface area contributed by atoms with Gasteiger partial charge >= 0.3 is 5.97 Å². The van der Waals surface area contributed by atoms with Crippen molar-refractivity contribution in [2.24, 2.45) is 0 Å². The van der Waals surface area contributed by atoms with E-state index in [1.165, 1.54) is 89.9 Å². The van der Waals surface area contributed by atoms with Gasteiger partial charge in [-0.05, 0) is 57.8 Å². The van der Waals surface area contributed by atoms with Crippen molar-refractivity contribution in [2.75, 3.05) is 6.61 Å². The van der Waals surface area contributed by atoms with Crippen molar-refractivity contribution in [1.29, 1.82) is 0 Å². The van der Waals surface area contributed by atoms with Crippen LogP contribution in [0.1, 0.15) is 201 Å². The lowest BCUT2D eigenvalue weighted by molar-refractivity contribution is -0.151. The van der Waals surface area contributed by atoms with E-state index in [9.17, 15) is 19.8 Å². The maximum atomic E-state index is 13.1. The summed E-state index contributed by atoms with van der Waals surface area (Å²) < 4.78 is 5.84. The molecule has 0 spiro atoms. The molecule has 53 heavy (non-hydrogen) atoms. The number of nitrogens with one attached hydrogen (secondary N) is 1. The quantitative estimate of drug-likeness (QED) is 0.0253. The second-order valence-corrected chi connectivity index (χ2v) is 14.8. The topological polar surface area (TPSA) is 95.9 Å². The van der Waals surface area contributed by atoms with E-state index in [4.69, 9.17) is 4.74 Å². The number of carbonyl (C=O) groups is 2. The summed E-state index contributed by atoms with van der Waals surface area (Å²) in [5.74, 6) is -0.559. The molecule has 0 aromatic carbocycles. The van der Waals surface area contributed by atoms with E-state index in [2.05, 4.69) is 50.4 Å². The van der Waals surface area contributed by atoms with Gasteiger partial charge < -0.3 is 20.3 Å². The van der Waals surface area contributed by atoms with Crippen LogP contribution in [-0.4, -0.2) is 46.9 Å². The van der Waals surface area contributed by atoms with Gasteiger partial charge in [0.05, 0.1) is 25.2 Å². The molecular formula is C47H83NO5. The highest BCUT2D eigenvalue weighted by atomic mass is 16.5. The smallest absolute Gasteiger partial charge is 0.306 e. The average molecular weight is 742 g/mol. The highest BCUT2D eigenvalue weighted by Crippen LogP contribution is 2.16. The Labute approximate surface area is 327 Å². The largest absolute Gasteiger partial charge is 0.462 e. The van der Waals surface area contributed by atoms with Crippen LogP contribution in [0.5, 0.6) is 0 Å². The maximum absolute atomic E-state index is 13.1. The number of amides is 1. The summed E-state index contributed by atoms with van der Waals surface area (Å²) >= 11 is 0. The Kier molecular flexibility index (Phi) is 38.9. The number of ether oxygens (including phenoxy) is 1. The predicted molar refractivity (Wildman–Crippen MR) is 227 cm³/mol. The number of aliphatic hydroxyl groups is 2. The Morgan fingerprint density at radius 2 is 1.08 bits per heavy atom. The van der Waals surface area contributed by atoms with E-state index >= 15 is 0 Å². The second kappa shape index (κ2) is 40.7. The molecule has 3 N–H and O–H groups in total. The van der Waals surface area contributed by atoms with Gasteiger partial charge in [0.25, 0.3) is 0 Å². The van der Waals surface area contributed by atoms with Crippen LogP contribution in [0.25, 0.3) is 0 Å². The van der Waals surface area contributed by atoms with E-state index in [1.807, 2.05) is 36.5 Å². The lowest BCUT2D eigenvalue weighted by atomic mass is 10.0. The summed E-state index contributed by atoms with van der Waals surface area (Å²) in [6.07, 6.45) is 48.6. The number of esters is 1. The summed E-state index contributed by atoms with van der Waals surface area (Å²) in [6, 6.07) is -0.723. The molecule has 0 aromatic heterocycles. The molecule has 1 amide bonds. The molecular weight excluding hydrogens is 659 g/mol. The van der Waals surface area contributed by atoms with Crippen LogP contribution in [-0.2, 0) is 14.3 Å². The van der Waals surface area contributed by atoms with Crippen molar-refractivity contribution < 1.29 is 24.5 Å². The number of hydrogen-bond donors (Lipinski definition) is 3. The van der Waals surface area contributed by atoms with Crippen molar-refractivity contribution in [3.05, 3.63) is 60.8 Å². The number of unbranched alkanes of at least 4 members (excludes halogenated alkanes) is 19. The molecule has 0 heterocycles. The summed E-state index contributed by atoms with van der Waals surface area (Å²) in [4.78, 5) is 25.9. The van der Waals surface area contributed by atoms with Gasteiger partial charge in [-0.2, -0.15) is 0 Å². The molecule has 6 heteroatoms. The molecule has 0 aliphatic heterocycles. The van der Waals surface area contributed by atoms with Crippen LogP contribution in [0, 0.1) is 0 Å². The second-order valence-electron chi connectivity index (χ2n) is 14.8. The zero-order valence-electron chi connectivity index (χ0n) is 34.6. The first-order valence-electron chi connectivity index (χ1n) is 22.1. The Hall–Kier alpha value is -2.44. The molecule has 3 unspecified atom stereocenters. The molecule has 3 atom stereocenters. The van der Waals surface area contributed by atoms with Crippen LogP contribution in [0.4, 0.5) is 0 Å². The normalized spacial score (nSPS) is 14.0. The first-order chi connectivity index (χ1) is 26.0. The van der Waals surface area contributed by atoms with Crippen molar-refractivity contribution in [3.63, 3.8) is 0 Å². The van der Waals surface area contributed by atoms with Crippen LogP contribution >= 0.6 is 0 Å². The molecule has 0 aromatic rings. The number of allylic oxidation sites excluding steroid dienone is 10. The van der Waals surface area contributed by atoms with Gasteiger partial charge in [0.15, 0.2) is 0 Å². The van der Waals surface area contributed by atoms with Crippen molar-refractivity contribution in [1.82, 2.24) is 5.32 Å². The van der Waals surface area contributed by atoms with E-state index in [-0.39, 0.29) is 24.9 Å². The molecule has 0 fully saturated rings. The maximum Gasteiger partial charge on any atom is 0.306 e. The third-order valence-electron chi connectivity index (χ3n) is 9.68. The zero-order chi connectivity index (χ0) is 38.9. The molecule has 0 saturated heterocycles. The number of hydrogen-bond acceptors (Lipinski definition) is 5. The highest BCUT2D eigenvalue weighted by molar-refractivity contribution is 5.77. The van der Waals surface area contributed by atoms with Gasteiger partial charge in [-0.3, -0.25) is 9.59 Å². The van der Waals surface area contributed by atoms with Crippen molar-refractivity contribution >= 4 is 11.9 Å². The van der Waals surface area contributed by atoms with Gasteiger partial charge in [-0.1, -0.05) is 191 Å². The van der Waals surface area contributed by atoms with Gasteiger partial charge in [0.1, 0.15) is 6.10 Å². The fourth-order valence-corrected chi connectivity index (χ4v) is 6.31. The molecule has 0 aliphatic rings. The monoisotopic (exact) mass is 742 g/mol. The Morgan fingerprint density at radius 1 is 0.566 bits per heavy atom. The van der Waals surface area contributed by atoms with Crippen molar-refractivity contribution in [2.45, 2.75) is 219 Å². The lowest BCUT2D eigenvalue weighted by Crippen LogP contribution is -2.46. The number of rotatable bonds is 38. The minimum atomic E-state index is -0.805. The van der Waals surface area contributed by atoms with Gasteiger partial charge in [-0.25, -0.2) is 0 Å². The molecule has 6 nitrogen and oxygen atoms in total. The molecule has 0 bridgehead atoms. The Balaban J connectivity index is 4.69. The minimum Gasteiger partial charge on any atom is -0.462 e. The molecule has 0 aliphatic carbocycles. The lowest BCUT2D eigenvalue weighted by Gasteiger charge is -2.24. The van der Waals surface area contributed by atoms with E-state index in [0.717, 1.165) is 64.2 Å². The fraction of sp³-hybridized carbons (Fsp3) is 0.745. The minimum absolute atomic E-state index is 0.0268. The van der Waals surface area contributed by atoms with E-state index in [1.54, 1.807) is 0 Å². The van der Waals surface area contributed by atoms with Crippen LogP contribution in [0.3, 0.4) is 0 Å². The average Bonchev–Trinajstić information content (AvgIpc) is 3.15. The predicted octanol–water partition coefficient (Wildman–Crippen LogP) is 12.5. The summed E-state index contributed by atoms with van der Waals surface area (Å²) in [5.41, 5.74) is 0. The molecule has 306 valence electrons. The van der Waals surface area contributed by atoms with Crippen LogP contribution < -0.4 is 5.32 Å². The van der Waals surface area contributed by atoms with Crippen LogP contribution in [0.15, 0.2) is 60.8 Å². The molecule has 0 rings (SSSR count). The third-order valence-corrected chi connectivity index (χ3v) is 9.68. The third kappa shape index (κ3) is 36.3. The van der Waals surface area contributed by atoms with Crippen molar-refractivity contribution in [3.8, 4) is 0 Å². The standard InChI is InChI=1S/C47H83NO5/c1-4-7-10-13-16-19-22-25-27-30-33-36-39-45(50)44(42-49)48-46(51)41-43(38-35-32-29-26-23-20-17-14-11-8-5-2)53-47(52)40-37-34-31-28-24-21-18-15-12-9-6-3/h8,11,14-15,17-18,20,23,26,29,43-45,49-50H,4-7,9-10,12-13,16,19,21-22,24-25,27-28,30-42H2,1-3H3,(H,48,51)/b11-8+,17-14+,18-15-,23-20-,29-26-. The van der Waals surface area contributed by atoms with Gasteiger partial charge in [0, 0.05) is 6.42 Å².